The van der Waals surface area contributed by atoms with Gasteiger partial charge in [-0.1, -0.05) is 12.1 Å². The summed E-state index contributed by atoms with van der Waals surface area (Å²) in [6.07, 6.45) is 0.426. The van der Waals surface area contributed by atoms with Gasteiger partial charge >= 0.3 is 5.69 Å². The Morgan fingerprint density at radius 1 is 1.35 bits per heavy atom. The predicted molar refractivity (Wildman–Crippen MR) is 75.0 cm³/mol. The van der Waals surface area contributed by atoms with Gasteiger partial charge in [-0.3, -0.25) is 15.0 Å². The molecule has 2 atom stereocenters. The molecule has 6 heteroatoms. The first-order chi connectivity index (χ1) is 9.56. The summed E-state index contributed by atoms with van der Waals surface area (Å²) < 4.78 is 11.2. The first kappa shape index (κ1) is 14.7. The summed E-state index contributed by atoms with van der Waals surface area (Å²) in [4.78, 5) is 12.7. The molecule has 1 heterocycles. The van der Waals surface area contributed by atoms with Crippen molar-refractivity contribution < 1.29 is 14.4 Å². The molecule has 1 fully saturated rings. The van der Waals surface area contributed by atoms with Gasteiger partial charge in [-0.2, -0.15) is 0 Å². The van der Waals surface area contributed by atoms with Crippen molar-refractivity contribution in [3.8, 4) is 5.75 Å². The average molecular weight is 280 g/mol. The number of nitro groups is 1. The fourth-order valence-electron chi connectivity index (χ4n) is 2.48. The molecule has 0 unspecified atom stereocenters. The second kappa shape index (κ2) is 6.67. The molecule has 0 spiro atoms. The Hall–Kier alpha value is -1.66. The van der Waals surface area contributed by atoms with Crippen LogP contribution >= 0.6 is 0 Å². The zero-order valence-corrected chi connectivity index (χ0v) is 11.8. The van der Waals surface area contributed by atoms with Crippen LogP contribution in [0.4, 0.5) is 5.69 Å². The lowest BCUT2D eigenvalue weighted by molar-refractivity contribution is -0.385. The zero-order valence-electron chi connectivity index (χ0n) is 11.8. The lowest BCUT2D eigenvalue weighted by atomic mass is 10.2. The molecule has 0 amide bonds. The fourth-order valence-corrected chi connectivity index (χ4v) is 2.48. The maximum Gasteiger partial charge on any atom is 0.310 e. The Balaban J connectivity index is 1.85. The minimum Gasteiger partial charge on any atom is -0.485 e. The van der Waals surface area contributed by atoms with Gasteiger partial charge < -0.3 is 9.47 Å². The molecular weight excluding hydrogens is 260 g/mol. The first-order valence-corrected chi connectivity index (χ1v) is 6.80. The fraction of sp³-hybridized carbons (Fsp3) is 0.571. The monoisotopic (exact) mass is 280 g/mol. The smallest absolute Gasteiger partial charge is 0.310 e. The Labute approximate surface area is 118 Å². The molecule has 1 saturated heterocycles. The van der Waals surface area contributed by atoms with Crippen molar-refractivity contribution in [2.45, 2.75) is 26.1 Å². The van der Waals surface area contributed by atoms with Crippen LogP contribution in [0.25, 0.3) is 0 Å². The van der Waals surface area contributed by atoms with Crippen LogP contribution in [-0.4, -0.2) is 48.3 Å². The molecule has 1 aromatic rings. The summed E-state index contributed by atoms with van der Waals surface area (Å²) in [6, 6.07) is 6.45. The molecule has 0 saturated carbocycles. The lowest BCUT2D eigenvalue weighted by Gasteiger charge is -2.35. The highest BCUT2D eigenvalue weighted by Gasteiger charge is 2.22. The summed E-state index contributed by atoms with van der Waals surface area (Å²) in [6.45, 7) is 7.00. The van der Waals surface area contributed by atoms with Gasteiger partial charge in [-0.05, 0) is 19.9 Å². The van der Waals surface area contributed by atoms with E-state index in [0.29, 0.717) is 12.4 Å². The summed E-state index contributed by atoms with van der Waals surface area (Å²) in [5, 5.41) is 10.9. The molecule has 1 aliphatic heterocycles. The first-order valence-electron chi connectivity index (χ1n) is 6.80. The number of rotatable bonds is 5. The van der Waals surface area contributed by atoms with E-state index in [9.17, 15) is 10.1 Å². The molecule has 2 rings (SSSR count). The summed E-state index contributed by atoms with van der Waals surface area (Å²) in [5.74, 6) is 0.326. The van der Waals surface area contributed by atoms with Crippen molar-refractivity contribution >= 4 is 5.69 Å². The highest BCUT2D eigenvalue weighted by molar-refractivity contribution is 5.45. The van der Waals surface area contributed by atoms with E-state index in [4.69, 9.17) is 9.47 Å². The van der Waals surface area contributed by atoms with Gasteiger partial charge in [0.2, 0.25) is 0 Å². The van der Waals surface area contributed by atoms with Crippen LogP contribution in [0, 0.1) is 10.1 Å². The van der Waals surface area contributed by atoms with Crippen LogP contribution in [0.2, 0.25) is 0 Å². The molecule has 1 aromatic carbocycles. The lowest BCUT2D eigenvalue weighted by Crippen LogP contribution is -2.46. The maximum absolute atomic E-state index is 10.9. The minimum absolute atomic E-state index is 0.0104. The third kappa shape index (κ3) is 3.91. The van der Waals surface area contributed by atoms with Crippen LogP contribution in [0.15, 0.2) is 24.3 Å². The molecule has 0 radical (unpaired) electrons. The molecule has 0 N–H and O–H groups in total. The van der Waals surface area contributed by atoms with E-state index < -0.39 is 4.92 Å². The molecular formula is C14H20N2O4. The van der Waals surface area contributed by atoms with E-state index in [0.717, 1.165) is 19.6 Å². The van der Waals surface area contributed by atoms with Crippen LogP contribution in [0.5, 0.6) is 5.75 Å². The van der Waals surface area contributed by atoms with E-state index in [1.54, 1.807) is 18.2 Å². The van der Waals surface area contributed by atoms with Crippen molar-refractivity contribution in [2.24, 2.45) is 0 Å². The summed E-state index contributed by atoms with van der Waals surface area (Å²) in [7, 11) is 0. The topological polar surface area (TPSA) is 64.8 Å². The predicted octanol–water partition coefficient (Wildman–Crippen LogP) is 2.08. The van der Waals surface area contributed by atoms with E-state index in [1.165, 1.54) is 6.07 Å². The molecule has 0 aromatic heterocycles. The van der Waals surface area contributed by atoms with Crippen LogP contribution in [0.3, 0.4) is 0 Å². The van der Waals surface area contributed by atoms with Crippen LogP contribution in [0.1, 0.15) is 13.8 Å². The number of ether oxygens (including phenoxy) is 2. The molecule has 0 aliphatic carbocycles. The number of nitro benzene ring substituents is 1. The highest BCUT2D eigenvalue weighted by Crippen LogP contribution is 2.25. The minimum atomic E-state index is -0.422. The van der Waals surface area contributed by atoms with Crippen molar-refractivity contribution in [3.63, 3.8) is 0 Å². The van der Waals surface area contributed by atoms with Gasteiger partial charge in [-0.25, -0.2) is 0 Å². The average Bonchev–Trinajstić information content (AvgIpc) is 2.38. The van der Waals surface area contributed by atoms with Gasteiger partial charge in [0.05, 0.1) is 17.1 Å². The second-order valence-electron chi connectivity index (χ2n) is 5.09. The molecule has 1 aliphatic rings. The Morgan fingerprint density at radius 3 is 2.65 bits per heavy atom. The number of para-hydroxylation sites is 2. The molecule has 6 nitrogen and oxygen atoms in total. The molecule has 20 heavy (non-hydrogen) atoms. The number of hydrogen-bond acceptors (Lipinski definition) is 5. The third-order valence-corrected chi connectivity index (χ3v) is 3.22. The van der Waals surface area contributed by atoms with E-state index in [1.807, 2.05) is 13.8 Å². The van der Waals surface area contributed by atoms with E-state index >= 15 is 0 Å². The van der Waals surface area contributed by atoms with Gasteiger partial charge in [0.1, 0.15) is 6.61 Å². The van der Waals surface area contributed by atoms with Crippen molar-refractivity contribution in [2.75, 3.05) is 26.2 Å². The van der Waals surface area contributed by atoms with Gasteiger partial charge in [0.25, 0.3) is 0 Å². The van der Waals surface area contributed by atoms with Gasteiger partial charge in [0.15, 0.2) is 5.75 Å². The Bertz CT molecular complexity index is 456. The third-order valence-electron chi connectivity index (χ3n) is 3.22. The van der Waals surface area contributed by atoms with Crippen molar-refractivity contribution in [1.82, 2.24) is 4.90 Å². The number of nitrogens with zero attached hydrogens (tertiary/aromatic N) is 2. The second-order valence-corrected chi connectivity index (χ2v) is 5.09. The Morgan fingerprint density at radius 2 is 2.00 bits per heavy atom. The van der Waals surface area contributed by atoms with Crippen LogP contribution < -0.4 is 4.74 Å². The number of hydrogen-bond donors (Lipinski definition) is 0. The van der Waals surface area contributed by atoms with Gasteiger partial charge in [-0.15, -0.1) is 0 Å². The van der Waals surface area contributed by atoms with Gasteiger partial charge in [0, 0.05) is 25.7 Å². The molecule has 0 bridgehead atoms. The number of benzene rings is 1. The highest BCUT2D eigenvalue weighted by atomic mass is 16.6. The normalized spacial score (nSPS) is 23.5. The quantitative estimate of drug-likeness (QED) is 0.610. The Kier molecular flexibility index (Phi) is 4.92. The number of morpholine rings is 1. The standard InChI is InChI=1S/C14H20N2O4/c1-11-9-15(10-12(2)20-11)7-8-19-14-6-4-3-5-13(14)16(17)18/h3-6,11-12H,7-10H2,1-2H3/t11-,12-/m1/s1. The summed E-state index contributed by atoms with van der Waals surface area (Å²) in [5.41, 5.74) is 0.0104. The largest absolute Gasteiger partial charge is 0.485 e. The van der Waals surface area contributed by atoms with E-state index in [-0.39, 0.29) is 17.9 Å². The van der Waals surface area contributed by atoms with E-state index in [2.05, 4.69) is 4.90 Å². The zero-order chi connectivity index (χ0) is 14.5. The summed E-state index contributed by atoms with van der Waals surface area (Å²) >= 11 is 0. The SMILES string of the molecule is C[C@@H]1CN(CCOc2ccccc2[N+](=O)[O-])C[C@@H](C)O1. The van der Waals surface area contributed by atoms with Crippen LogP contribution in [-0.2, 0) is 4.74 Å². The maximum atomic E-state index is 10.9. The van der Waals surface area contributed by atoms with Crippen molar-refractivity contribution in [1.29, 1.82) is 0 Å². The molecule has 110 valence electrons. The van der Waals surface area contributed by atoms with Crippen molar-refractivity contribution in [3.05, 3.63) is 34.4 Å².